The molecule has 0 unspecified atom stereocenters. The molecule has 2 aromatic rings. The van der Waals surface area contributed by atoms with Crippen molar-refractivity contribution in [2.75, 3.05) is 36.5 Å². The molecule has 8 nitrogen and oxygen atoms in total. The largest absolute Gasteiger partial charge is 0.378 e. The van der Waals surface area contributed by atoms with Crippen LogP contribution in [0.25, 0.3) is 0 Å². The molecule has 4 N–H and O–H groups in total. The zero-order chi connectivity index (χ0) is 15.6. The lowest BCUT2D eigenvalue weighted by Crippen LogP contribution is -2.37. The van der Waals surface area contributed by atoms with E-state index in [2.05, 4.69) is 30.6 Å². The Kier molecular flexibility index (Phi) is 3.52. The standard InChI is InChI=1S/C15H17N7O/c16-21-14-10-9-17-15(22-5-7-23-8-6-22)20-13(10)18-11-3-1-2-4-12(11)19-14/h1-4,9H,5-8,16H2,(H,19,21)(H,17,18,20). The fourth-order valence-electron chi connectivity index (χ4n) is 2.65. The molecule has 4 rings (SSSR count). The van der Waals surface area contributed by atoms with E-state index in [4.69, 9.17) is 10.6 Å². The minimum atomic E-state index is 0.533. The van der Waals surface area contributed by atoms with Crippen molar-refractivity contribution in [3.05, 3.63) is 36.0 Å². The third-order valence-corrected chi connectivity index (χ3v) is 3.85. The Morgan fingerprint density at radius 3 is 2.87 bits per heavy atom. The van der Waals surface area contributed by atoms with Crippen molar-refractivity contribution in [3.63, 3.8) is 0 Å². The van der Waals surface area contributed by atoms with Gasteiger partial charge in [0.05, 0.1) is 30.2 Å². The lowest BCUT2D eigenvalue weighted by molar-refractivity contribution is 0.122. The molecule has 23 heavy (non-hydrogen) atoms. The van der Waals surface area contributed by atoms with Crippen LogP contribution in [0.4, 0.5) is 23.1 Å². The quantitative estimate of drug-likeness (QED) is 0.531. The second-order valence-corrected chi connectivity index (χ2v) is 5.28. The predicted octanol–water partition coefficient (Wildman–Crippen LogP) is 0.912. The highest BCUT2D eigenvalue weighted by Crippen LogP contribution is 2.32. The van der Waals surface area contributed by atoms with Gasteiger partial charge < -0.3 is 20.4 Å². The molecule has 8 heteroatoms. The summed E-state index contributed by atoms with van der Waals surface area (Å²) in [5, 5.41) is 3.33. The number of benzene rings is 1. The number of para-hydroxylation sites is 2. The van der Waals surface area contributed by atoms with Gasteiger partial charge in [-0.2, -0.15) is 4.98 Å². The first-order valence-corrected chi connectivity index (χ1v) is 7.46. The summed E-state index contributed by atoms with van der Waals surface area (Å²) in [5.41, 5.74) is 5.05. The number of aliphatic imine (C=N–C) groups is 1. The molecule has 0 atom stereocenters. The second-order valence-electron chi connectivity index (χ2n) is 5.28. The van der Waals surface area contributed by atoms with Gasteiger partial charge >= 0.3 is 0 Å². The van der Waals surface area contributed by atoms with Crippen LogP contribution in [0.3, 0.4) is 0 Å². The number of anilines is 3. The number of nitrogens with zero attached hydrogens (tertiary/aromatic N) is 4. The SMILES string of the molecule is NNC1=Nc2ccccc2Nc2nc(N3CCOCC3)ncc21. The van der Waals surface area contributed by atoms with Crippen LogP contribution < -0.4 is 21.5 Å². The molecule has 2 aliphatic rings. The fraction of sp³-hybridized carbons (Fsp3) is 0.267. The summed E-state index contributed by atoms with van der Waals surface area (Å²) in [6, 6.07) is 7.76. The molecule has 0 aliphatic carbocycles. The number of amidine groups is 1. The van der Waals surface area contributed by atoms with E-state index in [1.807, 2.05) is 24.3 Å². The van der Waals surface area contributed by atoms with Gasteiger partial charge in [-0.05, 0) is 12.1 Å². The molecular weight excluding hydrogens is 294 g/mol. The van der Waals surface area contributed by atoms with Crippen molar-refractivity contribution in [1.82, 2.24) is 15.4 Å². The van der Waals surface area contributed by atoms with E-state index in [0.29, 0.717) is 30.8 Å². The Morgan fingerprint density at radius 2 is 2.04 bits per heavy atom. The van der Waals surface area contributed by atoms with Crippen molar-refractivity contribution < 1.29 is 4.74 Å². The van der Waals surface area contributed by atoms with Gasteiger partial charge in [-0.1, -0.05) is 12.1 Å². The number of nitrogens with two attached hydrogens (primary N) is 1. The lowest BCUT2D eigenvalue weighted by atomic mass is 10.2. The van der Waals surface area contributed by atoms with Gasteiger partial charge in [-0.3, -0.25) is 0 Å². The predicted molar refractivity (Wildman–Crippen MR) is 88.3 cm³/mol. The molecule has 0 saturated carbocycles. The van der Waals surface area contributed by atoms with Crippen LogP contribution >= 0.6 is 0 Å². The van der Waals surface area contributed by atoms with Gasteiger partial charge in [0.2, 0.25) is 5.95 Å². The first-order valence-electron chi connectivity index (χ1n) is 7.46. The summed E-state index contributed by atoms with van der Waals surface area (Å²) < 4.78 is 5.38. The highest BCUT2D eigenvalue weighted by Gasteiger charge is 2.21. The molecule has 0 bridgehead atoms. The third kappa shape index (κ3) is 2.58. The topological polar surface area (TPSA) is 101 Å². The number of hydrogen-bond acceptors (Lipinski definition) is 8. The average Bonchev–Trinajstić information content (AvgIpc) is 2.78. The molecule has 1 aromatic heterocycles. The van der Waals surface area contributed by atoms with Crippen molar-refractivity contribution in [2.24, 2.45) is 10.8 Å². The average molecular weight is 311 g/mol. The molecule has 1 saturated heterocycles. The van der Waals surface area contributed by atoms with Crippen LogP contribution in [0.1, 0.15) is 5.56 Å². The number of hydrogen-bond donors (Lipinski definition) is 3. The van der Waals surface area contributed by atoms with Gasteiger partial charge in [0.1, 0.15) is 5.82 Å². The molecule has 1 aromatic carbocycles. The molecule has 0 spiro atoms. The normalized spacial score (nSPS) is 16.6. The van der Waals surface area contributed by atoms with Gasteiger partial charge in [-0.25, -0.2) is 15.8 Å². The summed E-state index contributed by atoms with van der Waals surface area (Å²) in [4.78, 5) is 15.8. The number of ether oxygens (including phenoxy) is 1. The maximum absolute atomic E-state index is 5.63. The fourth-order valence-corrected chi connectivity index (χ4v) is 2.65. The van der Waals surface area contributed by atoms with Crippen LogP contribution in [0.2, 0.25) is 0 Å². The van der Waals surface area contributed by atoms with Crippen molar-refractivity contribution in [1.29, 1.82) is 0 Å². The van der Waals surface area contributed by atoms with E-state index in [1.165, 1.54) is 0 Å². The first kappa shape index (κ1) is 13.9. The monoisotopic (exact) mass is 311 g/mol. The maximum Gasteiger partial charge on any atom is 0.227 e. The number of nitrogens with one attached hydrogen (secondary N) is 2. The van der Waals surface area contributed by atoms with E-state index in [0.717, 1.165) is 30.0 Å². The van der Waals surface area contributed by atoms with Crippen molar-refractivity contribution >= 4 is 29.0 Å². The summed E-state index contributed by atoms with van der Waals surface area (Å²) >= 11 is 0. The van der Waals surface area contributed by atoms with Crippen LogP contribution in [0, 0.1) is 0 Å². The van der Waals surface area contributed by atoms with Crippen LogP contribution in [0.15, 0.2) is 35.5 Å². The molecule has 1 fully saturated rings. The van der Waals surface area contributed by atoms with E-state index in [-0.39, 0.29) is 0 Å². The Labute approximate surface area is 133 Å². The zero-order valence-electron chi connectivity index (χ0n) is 12.5. The molecule has 2 aliphatic heterocycles. The minimum Gasteiger partial charge on any atom is -0.378 e. The Balaban J connectivity index is 1.77. The smallest absolute Gasteiger partial charge is 0.227 e. The van der Waals surface area contributed by atoms with E-state index < -0.39 is 0 Å². The second kappa shape index (κ2) is 5.82. The summed E-state index contributed by atoms with van der Waals surface area (Å²) in [6.45, 7) is 2.94. The molecule has 0 radical (unpaired) electrons. The van der Waals surface area contributed by atoms with Gasteiger partial charge in [0.15, 0.2) is 5.84 Å². The van der Waals surface area contributed by atoms with Crippen LogP contribution in [0.5, 0.6) is 0 Å². The third-order valence-electron chi connectivity index (χ3n) is 3.85. The van der Waals surface area contributed by atoms with Gasteiger partial charge in [0.25, 0.3) is 0 Å². The summed E-state index contributed by atoms with van der Waals surface area (Å²) in [7, 11) is 0. The molecular formula is C15H17N7O. The highest BCUT2D eigenvalue weighted by molar-refractivity contribution is 6.06. The number of fused-ring (bicyclic) bond motifs is 2. The number of aromatic nitrogens is 2. The van der Waals surface area contributed by atoms with Crippen LogP contribution in [-0.2, 0) is 4.74 Å². The molecule has 118 valence electrons. The number of hydrazine groups is 1. The summed E-state index contributed by atoms with van der Waals surface area (Å²) in [5.74, 6) is 7.53. The summed E-state index contributed by atoms with van der Waals surface area (Å²) in [6.07, 6.45) is 1.74. The minimum absolute atomic E-state index is 0.533. The van der Waals surface area contributed by atoms with E-state index in [9.17, 15) is 0 Å². The maximum atomic E-state index is 5.63. The van der Waals surface area contributed by atoms with Gasteiger partial charge in [0, 0.05) is 19.3 Å². The Morgan fingerprint density at radius 1 is 1.22 bits per heavy atom. The molecule has 0 amide bonds. The number of morpholine rings is 1. The Hall–Kier alpha value is -2.71. The first-order chi connectivity index (χ1) is 11.3. The van der Waals surface area contributed by atoms with Crippen LogP contribution in [-0.4, -0.2) is 42.1 Å². The van der Waals surface area contributed by atoms with E-state index >= 15 is 0 Å². The van der Waals surface area contributed by atoms with E-state index in [1.54, 1.807) is 6.20 Å². The lowest BCUT2D eigenvalue weighted by Gasteiger charge is -2.27. The number of rotatable bonds is 1. The van der Waals surface area contributed by atoms with Crippen molar-refractivity contribution in [2.45, 2.75) is 0 Å². The Bertz CT molecular complexity index is 755. The van der Waals surface area contributed by atoms with Crippen molar-refractivity contribution in [3.8, 4) is 0 Å². The highest BCUT2D eigenvalue weighted by atomic mass is 16.5. The molecule has 3 heterocycles. The van der Waals surface area contributed by atoms with Gasteiger partial charge in [-0.15, -0.1) is 0 Å². The zero-order valence-corrected chi connectivity index (χ0v) is 12.5.